The van der Waals surface area contributed by atoms with Crippen molar-refractivity contribution in [3.8, 4) is 0 Å². The molecule has 0 radical (unpaired) electrons. The molecule has 0 unspecified atom stereocenters. The number of fused-ring (bicyclic) bond motifs is 3. The number of benzene rings is 1. The van der Waals surface area contributed by atoms with Crippen molar-refractivity contribution in [1.82, 2.24) is 9.55 Å². The number of aromatic nitrogens is 2. The van der Waals surface area contributed by atoms with Crippen LogP contribution in [-0.2, 0) is 19.4 Å². The van der Waals surface area contributed by atoms with Crippen molar-refractivity contribution in [3.63, 3.8) is 0 Å². The molecule has 1 atom stereocenters. The molecule has 1 aliphatic rings. The molecular formula is C24H26N2O2S2. The van der Waals surface area contributed by atoms with E-state index in [0.29, 0.717) is 23.2 Å². The molecule has 0 N–H and O–H groups in total. The van der Waals surface area contributed by atoms with Crippen LogP contribution in [-0.4, -0.2) is 21.1 Å². The number of nitrogens with zero attached hydrogens (tertiary/aromatic N) is 2. The van der Waals surface area contributed by atoms with E-state index in [0.717, 1.165) is 35.0 Å². The molecule has 4 nitrogen and oxygen atoms in total. The van der Waals surface area contributed by atoms with Gasteiger partial charge in [0.15, 0.2) is 10.9 Å². The molecule has 0 bridgehead atoms. The zero-order chi connectivity index (χ0) is 21.4. The monoisotopic (exact) mass is 438 g/mol. The summed E-state index contributed by atoms with van der Waals surface area (Å²) in [6, 6.07) is 5.77. The van der Waals surface area contributed by atoms with Gasteiger partial charge in [-0.15, -0.1) is 17.9 Å². The van der Waals surface area contributed by atoms with Gasteiger partial charge in [0.25, 0.3) is 5.56 Å². The van der Waals surface area contributed by atoms with Gasteiger partial charge in [0.05, 0.1) is 11.1 Å². The molecule has 0 saturated heterocycles. The van der Waals surface area contributed by atoms with Gasteiger partial charge in [-0.2, -0.15) is 0 Å². The number of thiophene rings is 1. The second-order valence-corrected chi connectivity index (χ2v) is 10.2. The Bertz CT molecular complexity index is 1210. The summed E-state index contributed by atoms with van der Waals surface area (Å²) in [5.41, 5.74) is 4.15. The molecule has 30 heavy (non-hydrogen) atoms. The molecule has 156 valence electrons. The van der Waals surface area contributed by atoms with E-state index in [1.165, 1.54) is 27.8 Å². The number of ketones is 1. The van der Waals surface area contributed by atoms with Gasteiger partial charge in [-0.25, -0.2) is 4.98 Å². The molecule has 4 rings (SSSR count). The number of carbonyl (C=O) groups excluding carboxylic acids is 1. The van der Waals surface area contributed by atoms with Crippen LogP contribution in [0.2, 0.25) is 0 Å². The van der Waals surface area contributed by atoms with E-state index < -0.39 is 0 Å². The Morgan fingerprint density at radius 3 is 2.90 bits per heavy atom. The minimum atomic E-state index is -0.00641. The van der Waals surface area contributed by atoms with E-state index in [1.807, 2.05) is 32.0 Å². The summed E-state index contributed by atoms with van der Waals surface area (Å²) in [4.78, 5) is 33.0. The number of aryl methyl sites for hydroxylation is 3. The Labute approximate surface area is 185 Å². The van der Waals surface area contributed by atoms with Crippen molar-refractivity contribution in [2.75, 3.05) is 5.75 Å². The molecule has 0 aliphatic heterocycles. The van der Waals surface area contributed by atoms with Crippen molar-refractivity contribution in [2.45, 2.75) is 51.7 Å². The first-order valence-corrected chi connectivity index (χ1v) is 12.1. The van der Waals surface area contributed by atoms with Gasteiger partial charge < -0.3 is 0 Å². The average molecular weight is 439 g/mol. The van der Waals surface area contributed by atoms with E-state index >= 15 is 0 Å². The fraction of sp³-hybridized carbons (Fsp3) is 0.375. The summed E-state index contributed by atoms with van der Waals surface area (Å²) in [5, 5.41) is 1.37. The molecule has 1 aliphatic carbocycles. The number of rotatable bonds is 6. The van der Waals surface area contributed by atoms with E-state index in [9.17, 15) is 9.59 Å². The fourth-order valence-corrected chi connectivity index (χ4v) is 6.26. The Morgan fingerprint density at radius 2 is 2.17 bits per heavy atom. The number of Topliss-reactive ketones (excluding diaryl/α,β-unsaturated/α-hetero) is 1. The minimum Gasteiger partial charge on any atom is -0.293 e. The summed E-state index contributed by atoms with van der Waals surface area (Å²) in [6.07, 6.45) is 4.79. The van der Waals surface area contributed by atoms with E-state index in [-0.39, 0.29) is 17.1 Å². The Hall–Kier alpha value is -2.18. The van der Waals surface area contributed by atoms with Gasteiger partial charge in [-0.3, -0.25) is 14.2 Å². The summed E-state index contributed by atoms with van der Waals surface area (Å²) in [6.45, 7) is 10.5. The molecule has 6 heteroatoms. The zero-order valence-corrected chi connectivity index (χ0v) is 19.3. The maximum atomic E-state index is 13.3. The molecule has 3 aromatic rings. The first-order chi connectivity index (χ1) is 14.4. The maximum Gasteiger partial charge on any atom is 0.263 e. The van der Waals surface area contributed by atoms with Crippen LogP contribution >= 0.6 is 23.1 Å². The summed E-state index contributed by atoms with van der Waals surface area (Å²) < 4.78 is 1.67. The third-order valence-corrected chi connectivity index (χ3v) is 7.98. The standard InChI is InChI=1S/C24H26N2O2S2/c1-5-10-26-23(28)21-18-9-6-14(2)11-20(18)30-22(21)25-24(26)29-13-19(27)17-8-7-15(3)16(4)12-17/h5,7-8,12,14H,1,6,9-11,13H2,2-4H3/t14-/m0/s1. The Morgan fingerprint density at radius 1 is 1.37 bits per heavy atom. The van der Waals surface area contributed by atoms with Crippen LogP contribution in [0.4, 0.5) is 0 Å². The average Bonchev–Trinajstić information content (AvgIpc) is 3.08. The lowest BCUT2D eigenvalue weighted by atomic mass is 9.89. The molecular weight excluding hydrogens is 412 g/mol. The van der Waals surface area contributed by atoms with Gasteiger partial charge in [-0.05, 0) is 61.8 Å². The maximum absolute atomic E-state index is 13.3. The van der Waals surface area contributed by atoms with Crippen molar-refractivity contribution < 1.29 is 4.79 Å². The SMILES string of the molecule is C=CCn1c(SCC(=O)c2ccc(C)c(C)c2)nc2sc3c(c2c1=O)CC[C@H](C)C3. The Balaban J connectivity index is 1.68. The lowest BCUT2D eigenvalue weighted by molar-refractivity contribution is 0.102. The number of allylic oxidation sites excluding steroid dienone is 1. The number of hydrogen-bond donors (Lipinski definition) is 0. The van der Waals surface area contributed by atoms with Gasteiger partial charge in [-0.1, -0.05) is 36.9 Å². The highest BCUT2D eigenvalue weighted by Crippen LogP contribution is 2.36. The van der Waals surface area contributed by atoms with Gasteiger partial charge in [0.1, 0.15) is 4.83 Å². The van der Waals surface area contributed by atoms with Crippen LogP contribution in [0, 0.1) is 19.8 Å². The zero-order valence-electron chi connectivity index (χ0n) is 17.7. The van der Waals surface area contributed by atoms with Crippen molar-refractivity contribution in [1.29, 1.82) is 0 Å². The molecule has 0 spiro atoms. The molecule has 0 amide bonds. The van der Waals surface area contributed by atoms with Crippen LogP contribution in [0.25, 0.3) is 10.2 Å². The van der Waals surface area contributed by atoms with Crippen molar-refractivity contribution in [3.05, 3.63) is 68.3 Å². The summed E-state index contributed by atoms with van der Waals surface area (Å²) >= 11 is 2.98. The van der Waals surface area contributed by atoms with Crippen LogP contribution in [0.5, 0.6) is 0 Å². The van der Waals surface area contributed by atoms with E-state index in [2.05, 4.69) is 13.5 Å². The molecule has 2 heterocycles. The van der Waals surface area contributed by atoms with Crippen molar-refractivity contribution in [2.24, 2.45) is 5.92 Å². The summed E-state index contributed by atoms with van der Waals surface area (Å²) in [5.74, 6) is 0.937. The van der Waals surface area contributed by atoms with Crippen molar-refractivity contribution >= 4 is 39.1 Å². The largest absolute Gasteiger partial charge is 0.293 e. The fourth-order valence-electron chi connectivity index (χ4n) is 3.93. The quantitative estimate of drug-likeness (QED) is 0.225. The Kier molecular flexibility index (Phi) is 5.98. The lowest BCUT2D eigenvalue weighted by Crippen LogP contribution is -2.24. The highest BCUT2D eigenvalue weighted by Gasteiger charge is 2.24. The van der Waals surface area contributed by atoms with Crippen LogP contribution < -0.4 is 5.56 Å². The second-order valence-electron chi connectivity index (χ2n) is 8.14. The van der Waals surface area contributed by atoms with Crippen LogP contribution in [0.3, 0.4) is 0 Å². The predicted octanol–water partition coefficient (Wildman–Crippen LogP) is 5.36. The molecule has 0 saturated carbocycles. The van der Waals surface area contributed by atoms with Crippen LogP contribution in [0.15, 0.2) is 40.8 Å². The normalized spacial score (nSPS) is 15.9. The smallest absolute Gasteiger partial charge is 0.263 e. The first-order valence-electron chi connectivity index (χ1n) is 10.3. The van der Waals surface area contributed by atoms with Gasteiger partial charge in [0.2, 0.25) is 0 Å². The number of thioether (sulfide) groups is 1. The van der Waals surface area contributed by atoms with Gasteiger partial charge >= 0.3 is 0 Å². The topological polar surface area (TPSA) is 52.0 Å². The third kappa shape index (κ3) is 3.91. The second kappa shape index (κ2) is 8.52. The first kappa shape index (κ1) is 21.1. The molecule has 1 aromatic carbocycles. The van der Waals surface area contributed by atoms with E-state index in [1.54, 1.807) is 22.0 Å². The third-order valence-electron chi connectivity index (χ3n) is 5.85. The molecule has 0 fully saturated rings. The molecule has 2 aromatic heterocycles. The highest BCUT2D eigenvalue weighted by molar-refractivity contribution is 7.99. The number of hydrogen-bond acceptors (Lipinski definition) is 5. The minimum absolute atomic E-state index is 0.00641. The van der Waals surface area contributed by atoms with E-state index in [4.69, 9.17) is 4.98 Å². The lowest BCUT2D eigenvalue weighted by Gasteiger charge is -2.17. The van der Waals surface area contributed by atoms with Gasteiger partial charge in [0, 0.05) is 17.0 Å². The number of carbonyl (C=O) groups is 1. The predicted molar refractivity (Wildman–Crippen MR) is 126 cm³/mol. The van der Waals surface area contributed by atoms with Crippen LogP contribution in [0.1, 0.15) is 45.3 Å². The summed E-state index contributed by atoms with van der Waals surface area (Å²) in [7, 11) is 0. The highest BCUT2D eigenvalue weighted by atomic mass is 32.2.